The van der Waals surface area contributed by atoms with Crippen molar-refractivity contribution in [2.45, 2.75) is 0 Å². The van der Waals surface area contributed by atoms with Crippen LogP contribution in [0.4, 0.5) is 28.4 Å². The lowest BCUT2D eigenvalue weighted by atomic mass is 9.87. The molecule has 0 atom stereocenters. The highest BCUT2D eigenvalue weighted by Crippen LogP contribution is 2.48. The Morgan fingerprint density at radius 2 is 0.795 bits per heavy atom. The number of benzene rings is 6. The minimum Gasteiger partial charge on any atom is -0.398 e. The zero-order valence-electron chi connectivity index (χ0n) is 21.5. The third kappa shape index (κ3) is 5.25. The van der Waals surface area contributed by atoms with Gasteiger partial charge in [-0.25, -0.2) is 0 Å². The van der Waals surface area contributed by atoms with Crippen molar-refractivity contribution in [2.75, 3.05) is 16.4 Å². The van der Waals surface area contributed by atoms with Gasteiger partial charge in [-0.15, -0.1) is 0 Å². The van der Waals surface area contributed by atoms with E-state index in [1.165, 1.54) is 0 Å². The van der Waals surface area contributed by atoms with E-state index in [0.717, 1.165) is 61.8 Å². The predicted octanol–water partition coefficient (Wildman–Crippen LogP) is 9.76. The Morgan fingerprint density at radius 1 is 0.385 bits per heavy atom. The molecule has 6 aromatic rings. The molecule has 4 N–H and O–H groups in total. The first kappa shape index (κ1) is 24.1. The van der Waals surface area contributed by atoms with E-state index in [2.05, 4.69) is 126 Å². The normalized spacial score (nSPS) is 10.7. The van der Waals surface area contributed by atoms with Crippen molar-refractivity contribution in [3.63, 3.8) is 0 Å². The predicted molar refractivity (Wildman–Crippen MR) is 167 cm³/mol. The van der Waals surface area contributed by atoms with Gasteiger partial charge in [0, 0.05) is 39.4 Å². The first-order chi connectivity index (χ1) is 19.3. The average Bonchev–Trinajstić information content (AvgIpc) is 3.00. The number of rotatable bonds is 7. The monoisotopic (exact) mass is 503 g/mol. The molecule has 0 heterocycles. The summed E-state index contributed by atoms with van der Waals surface area (Å²) in [7, 11) is 0. The molecule has 0 radical (unpaired) electrons. The van der Waals surface area contributed by atoms with Crippen LogP contribution in [-0.4, -0.2) is 0 Å². The number of hydrogen-bond donors (Lipinski definition) is 3. The van der Waals surface area contributed by atoms with Crippen LogP contribution in [0.15, 0.2) is 152 Å². The van der Waals surface area contributed by atoms with Crippen molar-refractivity contribution in [3.8, 4) is 33.4 Å². The molecule has 0 aliphatic heterocycles. The van der Waals surface area contributed by atoms with Gasteiger partial charge in [0.05, 0.1) is 5.69 Å². The van der Waals surface area contributed by atoms with E-state index in [1.807, 2.05) is 36.4 Å². The van der Waals surface area contributed by atoms with E-state index < -0.39 is 0 Å². The van der Waals surface area contributed by atoms with Crippen molar-refractivity contribution in [1.29, 1.82) is 0 Å². The van der Waals surface area contributed by atoms with Crippen LogP contribution < -0.4 is 16.4 Å². The standard InChI is InChI=1S/C36H29N3/c37-33-25-32(26-13-5-1-6-14-26)36(39-31-23-21-30(22-24-31)38-29-19-11-4-12-20-29)35(28-17-9-3-10-18-28)34(33)27-15-7-2-8-16-27/h1-25,38-39H,37H2. The molecule has 0 spiro atoms. The number of nitrogens with two attached hydrogens (primary N) is 1. The molecule has 3 heteroatoms. The van der Waals surface area contributed by atoms with E-state index in [9.17, 15) is 0 Å². The number of para-hydroxylation sites is 1. The molecule has 188 valence electrons. The van der Waals surface area contributed by atoms with E-state index >= 15 is 0 Å². The summed E-state index contributed by atoms with van der Waals surface area (Å²) in [5.41, 5.74) is 18.1. The van der Waals surface area contributed by atoms with Gasteiger partial charge in [0.15, 0.2) is 0 Å². The number of nitrogen functional groups attached to an aromatic ring is 1. The van der Waals surface area contributed by atoms with Gasteiger partial charge in [0.1, 0.15) is 0 Å². The third-order valence-electron chi connectivity index (χ3n) is 6.78. The minimum atomic E-state index is 0.742. The largest absolute Gasteiger partial charge is 0.398 e. The van der Waals surface area contributed by atoms with E-state index in [4.69, 9.17) is 5.73 Å². The van der Waals surface area contributed by atoms with Crippen LogP contribution in [0.5, 0.6) is 0 Å². The smallest absolute Gasteiger partial charge is 0.0551 e. The van der Waals surface area contributed by atoms with E-state index in [1.54, 1.807) is 0 Å². The first-order valence-corrected chi connectivity index (χ1v) is 13.1. The second kappa shape index (κ2) is 11.0. The van der Waals surface area contributed by atoms with Crippen LogP contribution in [0.3, 0.4) is 0 Å². The SMILES string of the molecule is Nc1cc(-c2ccccc2)c(Nc2ccc(Nc3ccccc3)cc2)c(-c2ccccc2)c1-c1ccccc1. The fourth-order valence-electron chi connectivity index (χ4n) is 4.96. The maximum atomic E-state index is 6.85. The fraction of sp³-hybridized carbons (Fsp3) is 0. The van der Waals surface area contributed by atoms with Crippen molar-refractivity contribution >= 4 is 28.4 Å². The van der Waals surface area contributed by atoms with Crippen molar-refractivity contribution in [3.05, 3.63) is 152 Å². The highest BCUT2D eigenvalue weighted by Gasteiger charge is 2.21. The van der Waals surface area contributed by atoms with Crippen LogP contribution in [0.1, 0.15) is 0 Å². The first-order valence-electron chi connectivity index (χ1n) is 13.1. The number of hydrogen-bond acceptors (Lipinski definition) is 3. The maximum Gasteiger partial charge on any atom is 0.0551 e. The van der Waals surface area contributed by atoms with Gasteiger partial charge in [-0.3, -0.25) is 0 Å². The van der Waals surface area contributed by atoms with Crippen molar-refractivity contribution < 1.29 is 0 Å². The average molecular weight is 504 g/mol. The summed E-state index contributed by atoms with van der Waals surface area (Å²) in [6.45, 7) is 0. The molecule has 0 amide bonds. The molecule has 0 saturated heterocycles. The summed E-state index contributed by atoms with van der Waals surface area (Å²) in [5.74, 6) is 0. The van der Waals surface area contributed by atoms with E-state index in [-0.39, 0.29) is 0 Å². The molecule has 0 aliphatic carbocycles. The number of anilines is 5. The van der Waals surface area contributed by atoms with Gasteiger partial charge >= 0.3 is 0 Å². The summed E-state index contributed by atoms with van der Waals surface area (Å²) >= 11 is 0. The zero-order chi connectivity index (χ0) is 26.4. The van der Waals surface area contributed by atoms with Crippen LogP contribution in [-0.2, 0) is 0 Å². The maximum absolute atomic E-state index is 6.85. The van der Waals surface area contributed by atoms with Gasteiger partial charge in [-0.05, 0) is 59.2 Å². The Bertz CT molecular complexity index is 1660. The second-order valence-corrected chi connectivity index (χ2v) is 9.43. The molecule has 6 aromatic carbocycles. The van der Waals surface area contributed by atoms with Gasteiger partial charge in [0.2, 0.25) is 0 Å². The molecule has 0 aromatic heterocycles. The molecular weight excluding hydrogens is 474 g/mol. The highest BCUT2D eigenvalue weighted by molar-refractivity contribution is 6.05. The quantitative estimate of drug-likeness (QED) is 0.190. The molecular formula is C36H29N3. The molecule has 39 heavy (non-hydrogen) atoms. The van der Waals surface area contributed by atoms with Gasteiger partial charge in [-0.1, -0.05) is 109 Å². The minimum absolute atomic E-state index is 0.742. The van der Waals surface area contributed by atoms with Gasteiger partial charge in [0.25, 0.3) is 0 Å². The molecule has 3 nitrogen and oxygen atoms in total. The summed E-state index contributed by atoms with van der Waals surface area (Å²) in [6.07, 6.45) is 0. The lowest BCUT2D eigenvalue weighted by Gasteiger charge is -2.23. The summed E-state index contributed by atoms with van der Waals surface area (Å²) < 4.78 is 0. The van der Waals surface area contributed by atoms with Crippen molar-refractivity contribution in [1.82, 2.24) is 0 Å². The molecule has 6 rings (SSSR count). The molecule has 0 unspecified atom stereocenters. The Hall–Kier alpha value is -5.28. The molecule has 0 aliphatic rings. The molecule has 0 fully saturated rings. The Kier molecular flexibility index (Phi) is 6.79. The zero-order valence-corrected chi connectivity index (χ0v) is 21.5. The van der Waals surface area contributed by atoms with Crippen LogP contribution in [0, 0.1) is 0 Å². The summed E-state index contributed by atoms with van der Waals surface area (Å²) in [4.78, 5) is 0. The molecule has 0 saturated carbocycles. The third-order valence-corrected chi connectivity index (χ3v) is 6.78. The van der Waals surface area contributed by atoms with E-state index in [0.29, 0.717) is 0 Å². The van der Waals surface area contributed by atoms with Crippen molar-refractivity contribution in [2.24, 2.45) is 0 Å². The topological polar surface area (TPSA) is 50.1 Å². The summed E-state index contributed by atoms with van der Waals surface area (Å²) in [5, 5.41) is 7.25. The van der Waals surface area contributed by atoms with Crippen LogP contribution in [0.2, 0.25) is 0 Å². The van der Waals surface area contributed by atoms with Gasteiger partial charge < -0.3 is 16.4 Å². The fourth-order valence-corrected chi connectivity index (χ4v) is 4.96. The Morgan fingerprint density at radius 3 is 1.33 bits per heavy atom. The highest BCUT2D eigenvalue weighted by atomic mass is 14.9. The lowest BCUT2D eigenvalue weighted by molar-refractivity contribution is 1.49. The number of nitrogens with one attached hydrogen (secondary N) is 2. The summed E-state index contributed by atoms with van der Waals surface area (Å²) in [6, 6.07) is 52.0. The Labute approximate surface area is 229 Å². The van der Waals surface area contributed by atoms with Crippen LogP contribution in [0.25, 0.3) is 33.4 Å². The second-order valence-electron chi connectivity index (χ2n) is 9.43. The van der Waals surface area contributed by atoms with Gasteiger partial charge in [-0.2, -0.15) is 0 Å². The molecule has 0 bridgehead atoms. The Balaban J connectivity index is 1.51. The lowest BCUT2D eigenvalue weighted by Crippen LogP contribution is -2.02. The van der Waals surface area contributed by atoms with Crippen LogP contribution >= 0.6 is 0 Å².